The molecule has 0 aromatic heterocycles. The monoisotopic (exact) mass is 211 g/mol. The van der Waals surface area contributed by atoms with Crippen LogP contribution in [0.5, 0.6) is 5.75 Å². The summed E-state index contributed by atoms with van der Waals surface area (Å²) >= 11 is 0. The molecule has 1 aromatic carbocycles. The summed E-state index contributed by atoms with van der Waals surface area (Å²) in [6, 6.07) is 7.11. The topological polar surface area (TPSA) is 35.5 Å². The van der Waals surface area contributed by atoms with Gasteiger partial charge in [0, 0.05) is 4.57 Å². The molecule has 0 spiro atoms. The molecule has 74 valence electrons. The smallest absolute Gasteiger partial charge is 0.229 e. The van der Waals surface area contributed by atoms with E-state index >= 15 is 0 Å². The van der Waals surface area contributed by atoms with Crippen LogP contribution in [-0.4, -0.2) is 6.61 Å². The van der Waals surface area contributed by atoms with Gasteiger partial charge in [0.15, 0.2) is 5.75 Å². The van der Waals surface area contributed by atoms with Crippen molar-refractivity contribution in [2.75, 3.05) is 6.61 Å². The second-order valence-corrected chi connectivity index (χ2v) is 3.39. The van der Waals surface area contributed by atoms with E-state index in [-0.39, 0.29) is 0 Å². The maximum Gasteiger partial charge on any atom is 0.750 e. The van der Waals surface area contributed by atoms with E-state index in [0.29, 0.717) is 12.4 Å². The Morgan fingerprint density at radius 1 is 1.43 bits per heavy atom. The van der Waals surface area contributed by atoms with Crippen molar-refractivity contribution < 1.29 is 13.6 Å². The van der Waals surface area contributed by atoms with Gasteiger partial charge < -0.3 is 0 Å². The fourth-order valence-electron chi connectivity index (χ4n) is 0.883. The number of rotatable bonds is 5. The first-order chi connectivity index (χ1) is 6.76. The quantitative estimate of drug-likeness (QED) is 0.700. The van der Waals surface area contributed by atoms with Crippen LogP contribution < -0.4 is 4.52 Å². The Kier molecular flexibility index (Phi) is 4.30. The third-order valence-electron chi connectivity index (χ3n) is 1.53. The van der Waals surface area contributed by atoms with E-state index in [0.717, 1.165) is 5.56 Å². The molecule has 0 amide bonds. The zero-order valence-corrected chi connectivity index (χ0v) is 8.87. The van der Waals surface area contributed by atoms with Crippen molar-refractivity contribution >= 4 is 14.3 Å². The largest absolute Gasteiger partial charge is 0.750 e. The van der Waals surface area contributed by atoms with Gasteiger partial charge in [-0.3, -0.25) is 0 Å². The Bertz CT molecular complexity index is 319. The summed E-state index contributed by atoms with van der Waals surface area (Å²) < 4.78 is 20.8. The predicted octanol–water partition coefficient (Wildman–Crippen LogP) is 3.40. The summed E-state index contributed by atoms with van der Waals surface area (Å²) in [4.78, 5) is 0. The van der Waals surface area contributed by atoms with Crippen LogP contribution in [0.2, 0.25) is 0 Å². The minimum absolute atomic E-state index is 0.375. The molecule has 0 fully saturated rings. The Hall–Kier alpha value is -1.18. The van der Waals surface area contributed by atoms with Crippen molar-refractivity contribution in [2.45, 2.75) is 6.92 Å². The summed E-state index contributed by atoms with van der Waals surface area (Å²) in [6.07, 6.45) is 1.73. The van der Waals surface area contributed by atoms with E-state index in [2.05, 4.69) is 6.58 Å². The average molecular weight is 211 g/mol. The lowest BCUT2D eigenvalue weighted by molar-refractivity contribution is 0.302. The van der Waals surface area contributed by atoms with Crippen molar-refractivity contribution in [3.05, 3.63) is 36.4 Å². The van der Waals surface area contributed by atoms with Crippen LogP contribution >= 0.6 is 8.25 Å². The highest BCUT2D eigenvalue weighted by molar-refractivity contribution is 7.33. The fourth-order valence-corrected chi connectivity index (χ4v) is 1.44. The van der Waals surface area contributed by atoms with E-state index in [1.807, 2.05) is 12.1 Å². The Morgan fingerprint density at radius 3 is 2.57 bits per heavy atom. The molecule has 1 aromatic rings. The van der Waals surface area contributed by atoms with Crippen molar-refractivity contribution in [1.82, 2.24) is 0 Å². The summed E-state index contributed by atoms with van der Waals surface area (Å²) in [5.41, 5.74) is 0.990. The normalized spacial score (nSPS) is 10.8. The lowest BCUT2D eigenvalue weighted by atomic mass is 10.2. The third-order valence-corrected chi connectivity index (χ3v) is 2.36. The van der Waals surface area contributed by atoms with Crippen LogP contribution in [-0.2, 0) is 9.09 Å². The molecule has 4 heteroatoms. The van der Waals surface area contributed by atoms with Crippen molar-refractivity contribution in [3.63, 3.8) is 0 Å². The first kappa shape index (κ1) is 10.9. The van der Waals surface area contributed by atoms with Gasteiger partial charge >= 0.3 is 8.25 Å². The van der Waals surface area contributed by atoms with Crippen LogP contribution in [0.1, 0.15) is 12.5 Å². The van der Waals surface area contributed by atoms with Crippen molar-refractivity contribution in [2.24, 2.45) is 0 Å². The minimum atomic E-state index is -2.05. The average Bonchev–Trinajstić information content (AvgIpc) is 2.19. The second kappa shape index (κ2) is 5.53. The van der Waals surface area contributed by atoms with Gasteiger partial charge in [-0.2, -0.15) is 0 Å². The van der Waals surface area contributed by atoms with Gasteiger partial charge in [0.2, 0.25) is 0 Å². The molecule has 1 atom stereocenters. The van der Waals surface area contributed by atoms with Gasteiger partial charge in [-0.1, -0.05) is 24.8 Å². The van der Waals surface area contributed by atoms with Gasteiger partial charge in [0.1, 0.15) is 6.61 Å². The summed E-state index contributed by atoms with van der Waals surface area (Å²) in [6.45, 7) is 5.76. The zero-order valence-electron chi connectivity index (χ0n) is 7.97. The summed E-state index contributed by atoms with van der Waals surface area (Å²) in [5, 5.41) is 0. The standard InChI is InChI=1S/C10H12O3P/c1-3-9-5-7-10(8-6-9)13-14(11)12-4-2/h3,5-8H,1,4H2,2H3/q+1. The maximum atomic E-state index is 11.1. The van der Waals surface area contributed by atoms with Gasteiger partial charge in [-0.25, -0.2) is 4.52 Å². The molecule has 0 saturated carbocycles. The van der Waals surface area contributed by atoms with Gasteiger partial charge in [0.05, 0.1) is 0 Å². The number of benzene rings is 1. The molecule has 3 nitrogen and oxygen atoms in total. The molecule has 0 N–H and O–H groups in total. The highest BCUT2D eigenvalue weighted by Crippen LogP contribution is 2.27. The van der Waals surface area contributed by atoms with E-state index < -0.39 is 8.25 Å². The number of hydrogen-bond donors (Lipinski definition) is 0. The molecule has 1 rings (SSSR count). The Labute approximate surface area is 84.3 Å². The van der Waals surface area contributed by atoms with Crippen LogP contribution in [0, 0.1) is 0 Å². The Morgan fingerprint density at radius 2 is 2.07 bits per heavy atom. The molecule has 0 aliphatic carbocycles. The van der Waals surface area contributed by atoms with Gasteiger partial charge in [-0.05, 0) is 24.6 Å². The lowest BCUT2D eigenvalue weighted by Crippen LogP contribution is -1.85. The first-order valence-electron chi connectivity index (χ1n) is 4.27. The highest BCUT2D eigenvalue weighted by Gasteiger charge is 2.20. The van der Waals surface area contributed by atoms with Crippen LogP contribution in [0.15, 0.2) is 30.8 Å². The fraction of sp³-hybridized carbons (Fsp3) is 0.200. The third kappa shape index (κ3) is 3.29. The van der Waals surface area contributed by atoms with Gasteiger partial charge in [0.25, 0.3) is 0 Å². The molecular formula is C10H12O3P+. The molecule has 0 radical (unpaired) electrons. The molecular weight excluding hydrogens is 199 g/mol. The molecule has 0 bridgehead atoms. The zero-order chi connectivity index (χ0) is 10.4. The van der Waals surface area contributed by atoms with Crippen LogP contribution in [0.4, 0.5) is 0 Å². The van der Waals surface area contributed by atoms with E-state index in [1.54, 1.807) is 25.1 Å². The SMILES string of the molecule is C=Cc1ccc(O[P+](=O)OCC)cc1. The van der Waals surface area contributed by atoms with Crippen molar-refractivity contribution in [1.29, 1.82) is 0 Å². The van der Waals surface area contributed by atoms with Crippen LogP contribution in [0.3, 0.4) is 0 Å². The lowest BCUT2D eigenvalue weighted by Gasteiger charge is -1.93. The van der Waals surface area contributed by atoms with E-state index in [1.165, 1.54) is 0 Å². The molecule has 14 heavy (non-hydrogen) atoms. The first-order valence-corrected chi connectivity index (χ1v) is 5.36. The molecule has 0 aliphatic heterocycles. The minimum Gasteiger partial charge on any atom is -0.229 e. The predicted molar refractivity (Wildman–Crippen MR) is 56.4 cm³/mol. The Balaban J connectivity index is 2.59. The van der Waals surface area contributed by atoms with E-state index in [9.17, 15) is 4.57 Å². The van der Waals surface area contributed by atoms with E-state index in [4.69, 9.17) is 9.05 Å². The number of hydrogen-bond acceptors (Lipinski definition) is 3. The maximum absolute atomic E-state index is 11.1. The molecule has 0 aliphatic rings. The van der Waals surface area contributed by atoms with Crippen molar-refractivity contribution in [3.8, 4) is 5.75 Å². The summed E-state index contributed by atoms with van der Waals surface area (Å²) in [5.74, 6) is 0.533. The second-order valence-electron chi connectivity index (χ2n) is 2.51. The molecule has 1 unspecified atom stereocenters. The van der Waals surface area contributed by atoms with Gasteiger partial charge in [-0.15, -0.1) is 4.52 Å². The summed E-state index contributed by atoms with van der Waals surface area (Å²) in [7, 11) is -2.05. The highest BCUT2D eigenvalue weighted by atomic mass is 31.1. The molecule has 0 saturated heterocycles. The van der Waals surface area contributed by atoms with Crippen LogP contribution in [0.25, 0.3) is 6.08 Å². The molecule has 0 heterocycles.